The first kappa shape index (κ1) is 25.0. The van der Waals surface area contributed by atoms with Gasteiger partial charge in [-0.25, -0.2) is 4.79 Å². The fourth-order valence-corrected chi connectivity index (χ4v) is 5.71. The summed E-state index contributed by atoms with van der Waals surface area (Å²) in [6.45, 7) is 4.19. The molecule has 0 aliphatic carbocycles. The number of carbonyl (C=O) groups excluding carboxylic acids is 2. The van der Waals surface area contributed by atoms with E-state index in [4.69, 9.17) is 9.57 Å². The third-order valence-corrected chi connectivity index (χ3v) is 7.80. The van der Waals surface area contributed by atoms with E-state index in [0.717, 1.165) is 26.9 Å². The highest BCUT2D eigenvalue weighted by Crippen LogP contribution is 2.40. The summed E-state index contributed by atoms with van der Waals surface area (Å²) in [7, 11) is 0. The number of hydrogen-bond donors (Lipinski definition) is 0. The van der Waals surface area contributed by atoms with Gasteiger partial charge in [-0.1, -0.05) is 54.2 Å². The Morgan fingerprint density at radius 1 is 1.14 bits per heavy atom. The van der Waals surface area contributed by atoms with Crippen molar-refractivity contribution in [3.05, 3.63) is 87.1 Å². The summed E-state index contributed by atoms with van der Waals surface area (Å²) in [5.74, 6) is -0.959. The maximum absolute atomic E-state index is 13.4. The van der Waals surface area contributed by atoms with Gasteiger partial charge in [0.15, 0.2) is 11.4 Å². The first-order valence-electron chi connectivity index (χ1n) is 12.0. The number of β-lactam (4-membered cyclic amide) rings is 1. The van der Waals surface area contributed by atoms with Gasteiger partial charge in [0.25, 0.3) is 11.6 Å². The lowest BCUT2D eigenvalue weighted by Gasteiger charge is -2.38. The quantitative estimate of drug-likeness (QED) is 0.225. The summed E-state index contributed by atoms with van der Waals surface area (Å²) in [6.07, 6.45) is 0.827. The molecule has 2 unspecified atom stereocenters. The summed E-state index contributed by atoms with van der Waals surface area (Å²) in [5.41, 5.74) is 2.92. The predicted molar refractivity (Wildman–Crippen MR) is 138 cm³/mol. The predicted octanol–water partition coefficient (Wildman–Crippen LogP) is 3.13. The maximum atomic E-state index is 13.4. The molecule has 5 rings (SSSR count). The number of nitro groups is 1. The van der Waals surface area contributed by atoms with E-state index in [1.807, 2.05) is 37.3 Å². The third kappa shape index (κ3) is 5.37. The molecule has 0 saturated carbocycles. The molecule has 0 radical (unpaired) electrons. The van der Waals surface area contributed by atoms with E-state index in [1.165, 1.54) is 23.9 Å². The summed E-state index contributed by atoms with van der Waals surface area (Å²) >= 11 is 1.44. The number of allylic oxidation sites excluding steroid dienone is 1. The van der Waals surface area contributed by atoms with Crippen LogP contribution in [0.25, 0.3) is 0 Å². The van der Waals surface area contributed by atoms with Crippen molar-refractivity contribution in [1.29, 1.82) is 0 Å². The molecule has 0 N–H and O–H groups in total. The van der Waals surface area contributed by atoms with Crippen LogP contribution in [0.4, 0.5) is 5.69 Å². The van der Waals surface area contributed by atoms with Crippen molar-refractivity contribution in [2.75, 3.05) is 26.3 Å². The number of ether oxygens (including phenoxy) is 1. The van der Waals surface area contributed by atoms with E-state index in [0.29, 0.717) is 38.3 Å². The van der Waals surface area contributed by atoms with Crippen LogP contribution in [0.1, 0.15) is 18.1 Å². The first-order valence-corrected chi connectivity index (χ1v) is 12.9. The SMILES string of the molecule is C/C(=C(/Cc1ccc([N+](=O)[O-])cc1)C(=O)ON1C(=O)C2N=C(Cc3ccccc3)SC21)N1CCOCC1. The number of hydrogen-bond acceptors (Lipinski definition) is 9. The number of aliphatic imine (C=N–C) groups is 1. The molecule has 2 fully saturated rings. The Morgan fingerprint density at radius 3 is 2.51 bits per heavy atom. The number of thioether (sulfide) groups is 1. The van der Waals surface area contributed by atoms with Crippen molar-refractivity contribution in [1.82, 2.24) is 9.96 Å². The lowest BCUT2D eigenvalue weighted by atomic mass is 10.0. The molecule has 10 nitrogen and oxygen atoms in total. The Hall–Kier alpha value is -3.70. The van der Waals surface area contributed by atoms with Gasteiger partial charge in [0, 0.05) is 43.8 Å². The number of nitro benzene ring substituents is 1. The van der Waals surface area contributed by atoms with Crippen molar-refractivity contribution in [2.24, 2.45) is 4.99 Å². The average molecular weight is 523 g/mol. The smallest absolute Gasteiger partial charge is 0.361 e. The van der Waals surface area contributed by atoms with E-state index in [2.05, 4.69) is 9.89 Å². The molecular weight excluding hydrogens is 496 g/mol. The second kappa shape index (κ2) is 10.7. The monoisotopic (exact) mass is 522 g/mol. The van der Waals surface area contributed by atoms with Crippen LogP contribution < -0.4 is 0 Å². The minimum Gasteiger partial charge on any atom is -0.378 e. The second-order valence-electron chi connectivity index (χ2n) is 8.94. The normalized spacial score (nSPS) is 21.5. The van der Waals surface area contributed by atoms with Gasteiger partial charge in [0.1, 0.15) is 0 Å². The van der Waals surface area contributed by atoms with E-state index in [1.54, 1.807) is 12.1 Å². The van der Waals surface area contributed by atoms with E-state index in [-0.39, 0.29) is 23.4 Å². The lowest BCUT2D eigenvalue weighted by molar-refractivity contribution is -0.384. The molecule has 2 aromatic rings. The van der Waals surface area contributed by atoms with Crippen LogP contribution in [-0.2, 0) is 32.0 Å². The Morgan fingerprint density at radius 2 is 1.84 bits per heavy atom. The molecule has 0 spiro atoms. The van der Waals surface area contributed by atoms with Gasteiger partial charge >= 0.3 is 5.97 Å². The summed E-state index contributed by atoms with van der Waals surface area (Å²) < 4.78 is 5.44. The average Bonchev–Trinajstić information content (AvgIpc) is 3.30. The number of morpholine rings is 1. The molecule has 2 atom stereocenters. The molecule has 3 aliphatic heterocycles. The first-order chi connectivity index (χ1) is 17.9. The van der Waals surface area contributed by atoms with Crippen LogP contribution in [0.15, 0.2) is 70.9 Å². The van der Waals surface area contributed by atoms with Gasteiger partial charge in [-0.2, -0.15) is 5.06 Å². The number of hydroxylamine groups is 2. The number of fused-ring (bicyclic) bond motifs is 1. The Kier molecular flexibility index (Phi) is 7.24. The molecule has 1 amide bonds. The van der Waals surface area contributed by atoms with Crippen LogP contribution in [-0.4, -0.2) is 69.5 Å². The van der Waals surface area contributed by atoms with E-state index < -0.39 is 16.9 Å². The number of nitrogens with zero attached hydrogens (tertiary/aromatic N) is 4. The van der Waals surface area contributed by atoms with Crippen molar-refractivity contribution in [2.45, 2.75) is 31.2 Å². The van der Waals surface area contributed by atoms with Gasteiger partial charge in [-0.15, -0.1) is 0 Å². The fourth-order valence-electron chi connectivity index (χ4n) is 4.46. The molecular formula is C26H26N4O6S. The molecule has 3 heterocycles. The number of benzene rings is 2. The highest BCUT2D eigenvalue weighted by Gasteiger charge is 2.55. The highest BCUT2D eigenvalue weighted by atomic mass is 32.2. The molecule has 37 heavy (non-hydrogen) atoms. The van der Waals surface area contributed by atoms with E-state index >= 15 is 0 Å². The number of carbonyl (C=O) groups is 2. The van der Waals surface area contributed by atoms with Crippen LogP contribution in [0.5, 0.6) is 0 Å². The van der Waals surface area contributed by atoms with Crippen molar-refractivity contribution < 1.29 is 24.1 Å². The zero-order valence-electron chi connectivity index (χ0n) is 20.2. The Bertz CT molecular complexity index is 1260. The number of non-ortho nitro benzene ring substituents is 1. The maximum Gasteiger partial charge on any atom is 0.361 e. The lowest BCUT2D eigenvalue weighted by Crippen LogP contribution is -2.61. The van der Waals surface area contributed by atoms with E-state index in [9.17, 15) is 19.7 Å². The third-order valence-electron chi connectivity index (χ3n) is 6.59. The Labute approximate surface area is 218 Å². The summed E-state index contributed by atoms with van der Waals surface area (Å²) in [5, 5.41) is 12.6. The number of amides is 1. The molecule has 3 aliphatic rings. The molecule has 0 aromatic heterocycles. The van der Waals surface area contributed by atoms with Crippen molar-refractivity contribution >= 4 is 34.4 Å². The van der Waals surface area contributed by atoms with Crippen LogP contribution in [0.2, 0.25) is 0 Å². The van der Waals surface area contributed by atoms with Crippen molar-refractivity contribution in [3.8, 4) is 0 Å². The zero-order chi connectivity index (χ0) is 25.9. The van der Waals surface area contributed by atoms with Gasteiger partial charge < -0.3 is 14.5 Å². The largest absolute Gasteiger partial charge is 0.378 e. The standard InChI is InChI=1S/C26H26N4O6S/c1-17(28-11-13-35-14-12-28)21(15-19-7-9-20(10-8-19)30(33)34)26(32)36-29-24(31)23-25(29)37-22(27-23)16-18-5-3-2-4-6-18/h2-10,23,25H,11-16H2,1H3/b21-17+. The summed E-state index contributed by atoms with van der Waals surface area (Å²) in [4.78, 5) is 49.0. The molecule has 2 saturated heterocycles. The highest BCUT2D eigenvalue weighted by molar-refractivity contribution is 8.14. The van der Waals surface area contributed by atoms with Crippen molar-refractivity contribution in [3.63, 3.8) is 0 Å². The zero-order valence-corrected chi connectivity index (χ0v) is 21.1. The second-order valence-corrected chi connectivity index (χ2v) is 10.1. The van der Waals surface area contributed by atoms with Crippen LogP contribution in [0.3, 0.4) is 0 Å². The minimum absolute atomic E-state index is 0.0245. The fraction of sp³-hybridized carbons (Fsp3) is 0.346. The molecule has 0 bridgehead atoms. The van der Waals surface area contributed by atoms with Crippen LogP contribution >= 0.6 is 11.8 Å². The Balaban J connectivity index is 1.30. The van der Waals surface area contributed by atoms with Gasteiger partial charge in [0.05, 0.1) is 28.8 Å². The molecule has 2 aromatic carbocycles. The molecule has 11 heteroatoms. The number of rotatable bonds is 8. The van der Waals surface area contributed by atoms with Gasteiger partial charge in [0.2, 0.25) is 0 Å². The van der Waals surface area contributed by atoms with Gasteiger partial charge in [-0.05, 0) is 18.1 Å². The topological polar surface area (TPSA) is 115 Å². The minimum atomic E-state index is -0.619. The van der Waals surface area contributed by atoms with Crippen LogP contribution in [0, 0.1) is 10.1 Å². The van der Waals surface area contributed by atoms with Gasteiger partial charge in [-0.3, -0.25) is 19.9 Å². The summed E-state index contributed by atoms with van der Waals surface area (Å²) in [6, 6.07) is 15.4. The molecule has 192 valence electrons.